The first kappa shape index (κ1) is 17.1. The first-order valence-electron chi connectivity index (χ1n) is 7.95. The van der Waals surface area contributed by atoms with Crippen LogP contribution in [0.2, 0.25) is 0 Å². The molecule has 23 heavy (non-hydrogen) atoms. The molecule has 0 aliphatic carbocycles. The van der Waals surface area contributed by atoms with Crippen molar-refractivity contribution in [3.8, 4) is 0 Å². The number of nitrogens with one attached hydrogen (secondary N) is 1. The summed E-state index contributed by atoms with van der Waals surface area (Å²) < 4.78 is 10.5. The molecule has 0 spiro atoms. The molecule has 0 aliphatic rings. The van der Waals surface area contributed by atoms with Crippen molar-refractivity contribution in [1.82, 2.24) is 5.32 Å². The molecule has 5 nitrogen and oxygen atoms in total. The van der Waals surface area contributed by atoms with Gasteiger partial charge in [0.2, 0.25) is 0 Å². The van der Waals surface area contributed by atoms with Gasteiger partial charge in [0.25, 0.3) is 5.91 Å². The second-order valence-electron chi connectivity index (χ2n) is 5.68. The normalized spacial score (nSPS) is 11.0. The Kier molecular flexibility index (Phi) is 5.79. The minimum atomic E-state index is -0.437. The van der Waals surface area contributed by atoms with Gasteiger partial charge in [-0.3, -0.25) is 9.59 Å². The Morgan fingerprint density at radius 3 is 2.70 bits per heavy atom. The maximum atomic E-state index is 11.9. The molecule has 0 atom stereocenters. The molecule has 5 heteroatoms. The average molecular weight is 317 g/mol. The zero-order valence-electron chi connectivity index (χ0n) is 13.8. The number of benzene rings is 1. The largest absolute Gasteiger partial charge is 0.464 e. The van der Waals surface area contributed by atoms with Gasteiger partial charge in [-0.25, -0.2) is 0 Å². The van der Waals surface area contributed by atoms with E-state index in [0.717, 1.165) is 34.9 Å². The van der Waals surface area contributed by atoms with Crippen LogP contribution in [0.4, 0.5) is 0 Å². The third-order valence-corrected chi connectivity index (χ3v) is 3.86. The number of amides is 1. The second kappa shape index (κ2) is 7.81. The molecular weight excluding hydrogens is 294 g/mol. The fourth-order valence-corrected chi connectivity index (χ4v) is 2.44. The van der Waals surface area contributed by atoms with Crippen molar-refractivity contribution in [3.05, 3.63) is 35.6 Å². The number of carbonyl (C=O) groups excluding carboxylic acids is 2. The standard InChI is InChI=1S/C18H23NO4/c1-4-14(5-2)19-17(20)11-23-18(21)9-13-10-22-16-8-12(3)6-7-15(13)16/h6-8,10,14H,4-5,9,11H2,1-3H3,(H,19,20). The van der Waals surface area contributed by atoms with Gasteiger partial charge >= 0.3 is 5.97 Å². The summed E-state index contributed by atoms with van der Waals surface area (Å²) in [4.78, 5) is 23.6. The van der Waals surface area contributed by atoms with Crippen LogP contribution >= 0.6 is 0 Å². The Morgan fingerprint density at radius 1 is 1.26 bits per heavy atom. The zero-order valence-corrected chi connectivity index (χ0v) is 13.8. The Hall–Kier alpha value is -2.30. The zero-order chi connectivity index (χ0) is 16.8. The molecular formula is C18H23NO4. The molecule has 1 aromatic heterocycles. The number of hydrogen-bond donors (Lipinski definition) is 1. The van der Waals surface area contributed by atoms with Gasteiger partial charge in [0, 0.05) is 17.0 Å². The lowest BCUT2D eigenvalue weighted by atomic mass is 10.1. The van der Waals surface area contributed by atoms with Crippen LogP contribution in [0.5, 0.6) is 0 Å². The highest BCUT2D eigenvalue weighted by Gasteiger charge is 2.14. The molecule has 1 aromatic carbocycles. The van der Waals surface area contributed by atoms with Crippen LogP contribution in [0.3, 0.4) is 0 Å². The van der Waals surface area contributed by atoms with E-state index in [-0.39, 0.29) is 25.0 Å². The quantitative estimate of drug-likeness (QED) is 0.797. The first-order valence-corrected chi connectivity index (χ1v) is 7.95. The maximum absolute atomic E-state index is 11.9. The minimum absolute atomic E-state index is 0.0916. The third-order valence-electron chi connectivity index (χ3n) is 3.86. The van der Waals surface area contributed by atoms with E-state index in [2.05, 4.69) is 5.32 Å². The van der Waals surface area contributed by atoms with Gasteiger partial charge in [-0.2, -0.15) is 0 Å². The molecule has 1 amide bonds. The lowest BCUT2D eigenvalue weighted by Crippen LogP contribution is -2.37. The number of furan rings is 1. The van der Waals surface area contributed by atoms with E-state index in [0.29, 0.717) is 0 Å². The molecule has 2 aromatic rings. The van der Waals surface area contributed by atoms with Crippen molar-refractivity contribution >= 4 is 22.8 Å². The molecule has 0 radical (unpaired) electrons. The van der Waals surface area contributed by atoms with Crippen molar-refractivity contribution in [2.75, 3.05) is 6.61 Å². The number of aryl methyl sites for hydroxylation is 1. The maximum Gasteiger partial charge on any atom is 0.310 e. The Labute approximate surface area is 136 Å². The molecule has 0 aliphatic heterocycles. The molecule has 0 saturated carbocycles. The van der Waals surface area contributed by atoms with Crippen LogP contribution in [-0.4, -0.2) is 24.5 Å². The fraction of sp³-hybridized carbons (Fsp3) is 0.444. The molecule has 1 N–H and O–H groups in total. The number of rotatable bonds is 7. The Bertz CT molecular complexity index is 685. The first-order chi connectivity index (χ1) is 11.0. The van der Waals surface area contributed by atoms with E-state index < -0.39 is 5.97 Å². The average Bonchev–Trinajstić information content (AvgIpc) is 2.92. The molecule has 0 fully saturated rings. The number of ether oxygens (including phenoxy) is 1. The lowest BCUT2D eigenvalue weighted by Gasteiger charge is -2.14. The SMILES string of the molecule is CCC(CC)NC(=O)COC(=O)Cc1coc2cc(C)ccc12. The van der Waals surface area contributed by atoms with E-state index >= 15 is 0 Å². The molecule has 0 bridgehead atoms. The van der Waals surface area contributed by atoms with Crippen LogP contribution in [-0.2, 0) is 20.7 Å². The Morgan fingerprint density at radius 2 is 2.00 bits per heavy atom. The fourth-order valence-electron chi connectivity index (χ4n) is 2.44. The third kappa shape index (κ3) is 4.58. The minimum Gasteiger partial charge on any atom is -0.464 e. The van der Waals surface area contributed by atoms with Gasteiger partial charge in [-0.05, 0) is 31.4 Å². The number of carbonyl (C=O) groups is 2. The smallest absolute Gasteiger partial charge is 0.310 e. The van der Waals surface area contributed by atoms with E-state index in [1.165, 1.54) is 0 Å². The summed E-state index contributed by atoms with van der Waals surface area (Å²) in [5.41, 5.74) is 2.61. The van der Waals surface area contributed by atoms with Crippen LogP contribution in [0.15, 0.2) is 28.9 Å². The van der Waals surface area contributed by atoms with Crippen molar-refractivity contribution in [1.29, 1.82) is 0 Å². The molecule has 124 valence electrons. The lowest BCUT2D eigenvalue weighted by molar-refractivity contribution is -0.148. The summed E-state index contributed by atoms with van der Waals surface area (Å²) in [5.74, 6) is -0.701. The van der Waals surface area contributed by atoms with Crippen LogP contribution in [0.1, 0.15) is 37.8 Å². The molecule has 1 heterocycles. The van der Waals surface area contributed by atoms with Crippen LogP contribution < -0.4 is 5.32 Å². The van der Waals surface area contributed by atoms with Gasteiger partial charge < -0.3 is 14.5 Å². The monoisotopic (exact) mass is 317 g/mol. The molecule has 2 rings (SSSR count). The van der Waals surface area contributed by atoms with Crippen molar-refractivity contribution < 1.29 is 18.7 Å². The van der Waals surface area contributed by atoms with E-state index in [4.69, 9.17) is 9.15 Å². The molecule has 0 unspecified atom stereocenters. The summed E-state index contributed by atoms with van der Waals surface area (Å²) >= 11 is 0. The predicted octanol–water partition coefficient (Wildman–Crippen LogP) is 3.13. The van der Waals surface area contributed by atoms with Crippen LogP contribution in [0, 0.1) is 6.92 Å². The Balaban J connectivity index is 1.88. The van der Waals surface area contributed by atoms with E-state index in [1.807, 2.05) is 39.0 Å². The summed E-state index contributed by atoms with van der Waals surface area (Å²) in [6, 6.07) is 5.95. The number of fused-ring (bicyclic) bond motifs is 1. The number of esters is 1. The highest BCUT2D eigenvalue weighted by atomic mass is 16.5. The van der Waals surface area contributed by atoms with Crippen molar-refractivity contribution in [2.24, 2.45) is 0 Å². The van der Waals surface area contributed by atoms with Gasteiger partial charge in [-0.1, -0.05) is 26.0 Å². The van der Waals surface area contributed by atoms with Gasteiger partial charge in [0.15, 0.2) is 6.61 Å². The summed E-state index contributed by atoms with van der Waals surface area (Å²) in [7, 11) is 0. The van der Waals surface area contributed by atoms with Gasteiger partial charge in [0.05, 0.1) is 12.7 Å². The van der Waals surface area contributed by atoms with E-state index in [1.54, 1.807) is 6.26 Å². The summed E-state index contributed by atoms with van der Waals surface area (Å²) in [6.07, 6.45) is 3.37. The van der Waals surface area contributed by atoms with Crippen molar-refractivity contribution in [3.63, 3.8) is 0 Å². The van der Waals surface area contributed by atoms with E-state index in [9.17, 15) is 9.59 Å². The highest BCUT2D eigenvalue weighted by Crippen LogP contribution is 2.22. The second-order valence-corrected chi connectivity index (χ2v) is 5.68. The van der Waals surface area contributed by atoms with Gasteiger partial charge in [0.1, 0.15) is 5.58 Å². The van der Waals surface area contributed by atoms with Crippen molar-refractivity contribution in [2.45, 2.75) is 46.1 Å². The predicted molar refractivity (Wildman–Crippen MR) is 88.1 cm³/mol. The summed E-state index contributed by atoms with van der Waals surface area (Å²) in [6.45, 7) is 5.75. The summed E-state index contributed by atoms with van der Waals surface area (Å²) in [5, 5.41) is 3.73. The topological polar surface area (TPSA) is 68.5 Å². The number of hydrogen-bond acceptors (Lipinski definition) is 4. The highest BCUT2D eigenvalue weighted by molar-refractivity contribution is 5.87. The van der Waals surface area contributed by atoms with Gasteiger partial charge in [-0.15, -0.1) is 0 Å². The van der Waals surface area contributed by atoms with Crippen LogP contribution in [0.25, 0.3) is 11.0 Å². The molecule has 0 saturated heterocycles.